The third kappa shape index (κ3) is 1.84. The van der Waals surface area contributed by atoms with Crippen LogP contribution in [0.5, 0.6) is 0 Å². The van der Waals surface area contributed by atoms with Crippen molar-refractivity contribution in [3.8, 4) is 0 Å². The van der Waals surface area contributed by atoms with E-state index >= 15 is 0 Å². The van der Waals surface area contributed by atoms with Gasteiger partial charge in [0.25, 0.3) is 0 Å². The molecule has 12 heavy (non-hydrogen) atoms. The van der Waals surface area contributed by atoms with Gasteiger partial charge in [0.05, 0.1) is 0 Å². The van der Waals surface area contributed by atoms with Crippen LogP contribution < -0.4 is 10.6 Å². The van der Waals surface area contributed by atoms with Crippen LogP contribution in [0.15, 0.2) is 30.3 Å². The Morgan fingerprint density at radius 2 is 2.00 bits per heavy atom. The Bertz CT molecular complexity index is 229. The van der Waals surface area contributed by atoms with E-state index in [0.29, 0.717) is 6.04 Å². The Hall–Kier alpha value is -0.860. The third-order valence-corrected chi connectivity index (χ3v) is 2.14. The average Bonchev–Trinajstić information content (AvgIpc) is 2.04. The average molecular weight is 161 g/mol. The zero-order valence-corrected chi connectivity index (χ0v) is 7.03. The largest absolute Gasteiger partial charge is 0.307 e. The molecule has 1 heterocycles. The van der Waals surface area contributed by atoms with Crippen molar-refractivity contribution < 1.29 is 0 Å². The lowest BCUT2D eigenvalue weighted by atomic mass is 10.1. The van der Waals surface area contributed by atoms with Crippen LogP contribution in [0.1, 0.15) is 5.56 Å². The summed E-state index contributed by atoms with van der Waals surface area (Å²) in [5, 5.41) is 7.59. The lowest BCUT2D eigenvalue weighted by Crippen LogP contribution is -2.50. The lowest BCUT2D eigenvalue weighted by Gasteiger charge is -2.26. The van der Waals surface area contributed by atoms with Gasteiger partial charge in [0.15, 0.2) is 0 Å². The maximum Gasteiger partial charge on any atom is 0.0353 e. The van der Waals surface area contributed by atoms with Crippen molar-refractivity contribution in [2.45, 2.75) is 12.6 Å². The van der Waals surface area contributed by atoms with Crippen LogP contribution in [0, 0.1) is 0 Å². The molecular formula is C10H13N2. The normalized spacial score (nSPS) is 17.3. The van der Waals surface area contributed by atoms with Crippen molar-refractivity contribution >= 4 is 0 Å². The molecule has 1 aliphatic rings. The molecule has 2 heteroatoms. The highest BCUT2D eigenvalue weighted by Gasteiger charge is 2.16. The van der Waals surface area contributed by atoms with Crippen LogP contribution in [-0.2, 0) is 6.54 Å². The number of nitrogens with zero attached hydrogens (tertiary/aromatic N) is 1. The van der Waals surface area contributed by atoms with Gasteiger partial charge in [0.1, 0.15) is 0 Å². The van der Waals surface area contributed by atoms with Crippen molar-refractivity contribution in [2.75, 3.05) is 13.1 Å². The molecule has 0 atom stereocenters. The Balaban J connectivity index is 1.79. The second-order valence-electron chi connectivity index (χ2n) is 3.15. The van der Waals surface area contributed by atoms with Crippen LogP contribution in [-0.4, -0.2) is 19.1 Å². The maximum atomic E-state index is 4.15. The van der Waals surface area contributed by atoms with E-state index < -0.39 is 0 Å². The predicted molar refractivity (Wildman–Crippen MR) is 48.9 cm³/mol. The molecule has 0 aliphatic carbocycles. The highest BCUT2D eigenvalue weighted by molar-refractivity contribution is 5.14. The molecule has 0 saturated carbocycles. The second-order valence-corrected chi connectivity index (χ2v) is 3.15. The van der Waals surface area contributed by atoms with E-state index in [1.165, 1.54) is 5.56 Å². The van der Waals surface area contributed by atoms with Gasteiger partial charge in [-0.3, -0.25) is 0 Å². The molecule has 2 nitrogen and oxygen atoms in total. The van der Waals surface area contributed by atoms with Gasteiger partial charge in [0, 0.05) is 25.7 Å². The van der Waals surface area contributed by atoms with Gasteiger partial charge in [0.2, 0.25) is 0 Å². The second kappa shape index (κ2) is 3.70. The fourth-order valence-electron chi connectivity index (χ4n) is 1.25. The Labute approximate surface area is 73.0 Å². The van der Waals surface area contributed by atoms with Crippen molar-refractivity contribution in [1.29, 1.82) is 0 Å². The Morgan fingerprint density at radius 3 is 2.58 bits per heavy atom. The fraction of sp³-hybridized carbons (Fsp3) is 0.400. The summed E-state index contributed by atoms with van der Waals surface area (Å²) in [6.45, 7) is 2.96. The number of benzene rings is 1. The van der Waals surface area contributed by atoms with Crippen LogP contribution >= 0.6 is 0 Å². The molecule has 63 valence electrons. The first-order valence-electron chi connectivity index (χ1n) is 4.36. The summed E-state index contributed by atoms with van der Waals surface area (Å²) >= 11 is 0. The lowest BCUT2D eigenvalue weighted by molar-refractivity contribution is 0.358. The summed E-state index contributed by atoms with van der Waals surface area (Å²) in [6, 6.07) is 11.1. The number of hydrogen-bond acceptors (Lipinski definition) is 1. The Kier molecular flexibility index (Phi) is 2.39. The minimum atomic E-state index is 0.630. The van der Waals surface area contributed by atoms with Gasteiger partial charge in [-0.25, -0.2) is 5.32 Å². The van der Waals surface area contributed by atoms with Gasteiger partial charge < -0.3 is 5.32 Å². The van der Waals surface area contributed by atoms with E-state index in [9.17, 15) is 0 Å². The quantitative estimate of drug-likeness (QED) is 0.696. The van der Waals surface area contributed by atoms with Gasteiger partial charge >= 0.3 is 0 Å². The molecule has 1 radical (unpaired) electrons. The van der Waals surface area contributed by atoms with Gasteiger partial charge in [-0.2, -0.15) is 0 Å². The molecule has 1 saturated heterocycles. The van der Waals surface area contributed by atoms with Crippen LogP contribution in [0.2, 0.25) is 0 Å². The van der Waals surface area contributed by atoms with Gasteiger partial charge in [-0.05, 0) is 5.56 Å². The zero-order valence-electron chi connectivity index (χ0n) is 7.03. The highest BCUT2D eigenvalue weighted by Crippen LogP contribution is 2.00. The zero-order chi connectivity index (χ0) is 8.23. The van der Waals surface area contributed by atoms with Crippen molar-refractivity contribution in [2.24, 2.45) is 0 Å². The summed E-state index contributed by atoms with van der Waals surface area (Å²) < 4.78 is 0. The topological polar surface area (TPSA) is 26.1 Å². The minimum Gasteiger partial charge on any atom is -0.307 e. The van der Waals surface area contributed by atoms with Crippen molar-refractivity contribution in [3.63, 3.8) is 0 Å². The molecular weight excluding hydrogens is 148 g/mol. The fourth-order valence-corrected chi connectivity index (χ4v) is 1.25. The summed E-state index contributed by atoms with van der Waals surface area (Å²) in [6.07, 6.45) is 0. The molecule has 2 rings (SSSR count). The van der Waals surface area contributed by atoms with E-state index in [1.54, 1.807) is 0 Å². The van der Waals surface area contributed by atoms with Crippen LogP contribution in [0.3, 0.4) is 0 Å². The first-order valence-corrected chi connectivity index (χ1v) is 4.36. The van der Waals surface area contributed by atoms with Crippen LogP contribution in [0.25, 0.3) is 0 Å². The molecule has 0 spiro atoms. The van der Waals surface area contributed by atoms with Crippen LogP contribution in [0.4, 0.5) is 0 Å². The summed E-state index contributed by atoms with van der Waals surface area (Å²) in [7, 11) is 0. The number of nitrogens with one attached hydrogen (secondary N) is 1. The van der Waals surface area contributed by atoms with E-state index in [0.717, 1.165) is 19.6 Å². The minimum absolute atomic E-state index is 0.630. The molecule has 1 aromatic rings. The highest BCUT2D eigenvalue weighted by atomic mass is 15.1. The monoisotopic (exact) mass is 161 g/mol. The Morgan fingerprint density at radius 1 is 1.25 bits per heavy atom. The predicted octanol–water partition coefficient (Wildman–Crippen LogP) is 0.763. The summed E-state index contributed by atoms with van der Waals surface area (Å²) in [5.74, 6) is 0. The van der Waals surface area contributed by atoms with E-state index in [1.807, 2.05) is 6.07 Å². The smallest absolute Gasteiger partial charge is 0.0353 e. The molecule has 0 unspecified atom stereocenters. The van der Waals surface area contributed by atoms with E-state index in [2.05, 4.69) is 34.9 Å². The number of rotatable bonds is 3. The van der Waals surface area contributed by atoms with Crippen molar-refractivity contribution in [3.05, 3.63) is 35.9 Å². The van der Waals surface area contributed by atoms with E-state index in [4.69, 9.17) is 0 Å². The molecule has 0 aromatic heterocycles. The standard InChI is InChI=1S/C10H13N2/c1-2-4-9(5-3-1)6-12-10-7-11-8-10/h1-5,10,12H,6-8H2. The molecule has 0 bridgehead atoms. The van der Waals surface area contributed by atoms with Crippen molar-refractivity contribution in [1.82, 2.24) is 10.6 Å². The van der Waals surface area contributed by atoms with Gasteiger partial charge in [-0.1, -0.05) is 30.3 Å². The molecule has 1 fully saturated rings. The molecule has 0 amide bonds. The number of hydrogen-bond donors (Lipinski definition) is 1. The summed E-state index contributed by atoms with van der Waals surface area (Å²) in [4.78, 5) is 0. The first kappa shape index (κ1) is 7.77. The van der Waals surface area contributed by atoms with E-state index in [-0.39, 0.29) is 0 Å². The third-order valence-electron chi connectivity index (χ3n) is 2.14. The maximum absolute atomic E-state index is 4.15. The summed E-state index contributed by atoms with van der Waals surface area (Å²) in [5.41, 5.74) is 1.35. The van der Waals surface area contributed by atoms with Gasteiger partial charge in [-0.15, -0.1) is 0 Å². The SMILES string of the molecule is c1ccc(CNC2C[N]C2)cc1. The molecule has 1 N–H and O–H groups in total. The molecule has 1 aliphatic heterocycles. The molecule has 1 aromatic carbocycles. The first-order chi connectivity index (χ1) is 5.95.